The molecule has 0 saturated heterocycles. The van der Waals surface area contributed by atoms with E-state index in [4.69, 9.17) is 4.74 Å². The number of nitrogens with zero attached hydrogens (tertiary/aromatic N) is 1. The number of nitrogens with one attached hydrogen (secondary N) is 1. The van der Waals surface area contributed by atoms with Crippen molar-refractivity contribution in [1.29, 1.82) is 0 Å². The van der Waals surface area contributed by atoms with Crippen molar-refractivity contribution >= 4 is 22.4 Å². The monoisotopic (exact) mass is 432 g/mol. The van der Waals surface area contributed by atoms with Crippen LogP contribution in [-0.2, 0) is 4.79 Å². The number of ketones is 1. The Labute approximate surface area is 192 Å². The van der Waals surface area contributed by atoms with Gasteiger partial charge in [0.25, 0.3) is 0 Å². The summed E-state index contributed by atoms with van der Waals surface area (Å²) in [5, 5.41) is 4.71. The van der Waals surface area contributed by atoms with Crippen LogP contribution in [0.2, 0.25) is 0 Å². The van der Waals surface area contributed by atoms with E-state index in [2.05, 4.69) is 40.6 Å². The highest BCUT2D eigenvalue weighted by molar-refractivity contribution is 6.04. The largest absolute Gasteiger partial charge is 0.496 e. The highest BCUT2D eigenvalue weighted by Gasteiger charge is 2.40. The number of pyridine rings is 1. The summed E-state index contributed by atoms with van der Waals surface area (Å²) in [5.41, 5.74) is 7.15. The first-order valence-electron chi connectivity index (χ1n) is 11.3. The van der Waals surface area contributed by atoms with E-state index in [9.17, 15) is 4.79 Å². The van der Waals surface area contributed by atoms with Gasteiger partial charge in [-0.1, -0.05) is 54.6 Å². The number of para-hydroxylation sites is 1. The van der Waals surface area contributed by atoms with E-state index in [1.54, 1.807) is 7.11 Å². The molecule has 0 saturated carbocycles. The van der Waals surface area contributed by atoms with Gasteiger partial charge in [-0.2, -0.15) is 0 Å². The Hall–Kier alpha value is -3.92. The first-order valence-corrected chi connectivity index (χ1v) is 11.3. The van der Waals surface area contributed by atoms with Gasteiger partial charge < -0.3 is 10.1 Å². The van der Waals surface area contributed by atoms with E-state index < -0.39 is 0 Å². The minimum Gasteiger partial charge on any atom is -0.496 e. The predicted molar refractivity (Wildman–Crippen MR) is 131 cm³/mol. The Bertz CT molecular complexity index is 1410. The fourth-order valence-corrected chi connectivity index (χ4v) is 5.46. The lowest BCUT2D eigenvalue weighted by Crippen LogP contribution is -2.30. The zero-order valence-electron chi connectivity index (χ0n) is 18.4. The second-order valence-electron chi connectivity index (χ2n) is 8.73. The van der Waals surface area contributed by atoms with Gasteiger partial charge >= 0.3 is 0 Å². The lowest BCUT2D eigenvalue weighted by Gasteiger charge is -2.37. The molecular formula is C29H24N2O2. The third kappa shape index (κ3) is 3.21. The molecule has 1 aromatic heterocycles. The van der Waals surface area contributed by atoms with Crippen molar-refractivity contribution in [2.75, 3.05) is 12.4 Å². The van der Waals surface area contributed by atoms with Crippen LogP contribution >= 0.6 is 0 Å². The summed E-state index contributed by atoms with van der Waals surface area (Å²) in [6.07, 6.45) is 3.12. The number of aromatic nitrogens is 1. The summed E-state index contributed by atoms with van der Waals surface area (Å²) < 4.78 is 5.76. The van der Waals surface area contributed by atoms with Gasteiger partial charge in [-0.3, -0.25) is 9.78 Å². The number of Topliss-reactive ketones (excluding diaryl/α,β-unsaturated/α-hetero) is 1. The number of fused-ring (bicyclic) bond motifs is 3. The molecule has 1 N–H and O–H groups in total. The van der Waals surface area contributed by atoms with Crippen molar-refractivity contribution in [2.45, 2.75) is 24.7 Å². The molecule has 33 heavy (non-hydrogen) atoms. The van der Waals surface area contributed by atoms with Crippen LogP contribution in [0, 0.1) is 0 Å². The average Bonchev–Trinajstić information content (AvgIpc) is 2.87. The van der Waals surface area contributed by atoms with Gasteiger partial charge in [0.05, 0.1) is 12.6 Å². The molecule has 1 aliphatic heterocycles. The van der Waals surface area contributed by atoms with Gasteiger partial charge in [-0.05, 0) is 47.7 Å². The Balaban J connectivity index is 1.58. The molecule has 2 atom stereocenters. The summed E-state index contributed by atoms with van der Waals surface area (Å²) >= 11 is 0. The van der Waals surface area contributed by atoms with Crippen molar-refractivity contribution in [1.82, 2.24) is 4.98 Å². The molecule has 162 valence electrons. The molecule has 0 radical (unpaired) electrons. The van der Waals surface area contributed by atoms with Crippen LogP contribution in [0.1, 0.15) is 41.4 Å². The van der Waals surface area contributed by atoms with Crippen LogP contribution < -0.4 is 10.1 Å². The number of carbonyl (C=O) groups is 1. The van der Waals surface area contributed by atoms with Crippen molar-refractivity contribution in [3.63, 3.8) is 0 Å². The van der Waals surface area contributed by atoms with Crippen molar-refractivity contribution in [2.24, 2.45) is 0 Å². The van der Waals surface area contributed by atoms with E-state index in [0.717, 1.165) is 51.2 Å². The Morgan fingerprint density at radius 1 is 0.909 bits per heavy atom. The van der Waals surface area contributed by atoms with Crippen molar-refractivity contribution in [3.05, 3.63) is 113 Å². The van der Waals surface area contributed by atoms with Crippen LogP contribution in [0.3, 0.4) is 0 Å². The SMILES string of the molecule is COc1ccccc1[C@H]1C2=C(C[C@@H](c3ccccc3)CC2=O)Nc2ccc3ncccc3c21. The molecular weight excluding hydrogens is 408 g/mol. The average molecular weight is 433 g/mol. The molecule has 0 unspecified atom stereocenters. The van der Waals surface area contributed by atoms with Crippen LogP contribution in [0.15, 0.2) is 96.3 Å². The van der Waals surface area contributed by atoms with E-state index >= 15 is 0 Å². The normalized spacial score (nSPS) is 19.6. The Morgan fingerprint density at radius 3 is 2.58 bits per heavy atom. The van der Waals surface area contributed by atoms with E-state index in [1.165, 1.54) is 5.56 Å². The lowest BCUT2D eigenvalue weighted by atomic mass is 9.71. The summed E-state index contributed by atoms with van der Waals surface area (Å²) in [7, 11) is 1.69. The Kier molecular flexibility index (Phi) is 4.72. The maximum absolute atomic E-state index is 13.8. The molecule has 4 heteroatoms. The molecule has 0 fully saturated rings. The first-order chi connectivity index (χ1) is 16.2. The minimum atomic E-state index is -0.204. The van der Waals surface area contributed by atoms with Crippen LogP contribution in [0.4, 0.5) is 5.69 Å². The standard InChI is InChI=1S/C29H24N2O2/c1-33-26-12-6-5-10-21(26)28-27-20-11-7-15-30-22(20)13-14-23(27)31-24-16-19(17-25(32)29(24)28)18-8-3-2-4-9-18/h2-15,19,28,31H,16-17H2,1H3/t19-,28-/m1/s1. The molecule has 4 aromatic rings. The fraction of sp³-hybridized carbons (Fsp3) is 0.172. The molecule has 0 amide bonds. The first kappa shape index (κ1) is 19.7. The predicted octanol–water partition coefficient (Wildman–Crippen LogP) is 6.20. The Morgan fingerprint density at radius 2 is 1.73 bits per heavy atom. The van der Waals surface area contributed by atoms with Gasteiger partial charge in [0, 0.05) is 46.4 Å². The van der Waals surface area contributed by atoms with Crippen LogP contribution in [0.25, 0.3) is 10.9 Å². The smallest absolute Gasteiger partial charge is 0.162 e. The highest BCUT2D eigenvalue weighted by atomic mass is 16.5. The van der Waals surface area contributed by atoms with Gasteiger partial charge in [0.1, 0.15) is 5.75 Å². The van der Waals surface area contributed by atoms with Crippen LogP contribution in [0.5, 0.6) is 5.75 Å². The van der Waals surface area contributed by atoms with Gasteiger partial charge in [-0.15, -0.1) is 0 Å². The molecule has 2 heterocycles. The molecule has 4 nitrogen and oxygen atoms in total. The number of hydrogen-bond donors (Lipinski definition) is 1. The quantitative estimate of drug-likeness (QED) is 0.419. The second-order valence-corrected chi connectivity index (χ2v) is 8.73. The second kappa shape index (κ2) is 7.89. The molecule has 1 aliphatic carbocycles. The number of carbonyl (C=O) groups excluding carboxylic acids is 1. The van der Waals surface area contributed by atoms with E-state index in [1.807, 2.05) is 54.7 Å². The number of hydrogen-bond acceptors (Lipinski definition) is 4. The van der Waals surface area contributed by atoms with Gasteiger partial charge in [0.2, 0.25) is 0 Å². The number of anilines is 1. The summed E-state index contributed by atoms with van der Waals surface area (Å²) in [4.78, 5) is 18.4. The third-order valence-corrected chi connectivity index (χ3v) is 6.92. The zero-order chi connectivity index (χ0) is 22.4. The van der Waals surface area contributed by atoms with E-state index in [0.29, 0.717) is 6.42 Å². The molecule has 0 spiro atoms. The number of ether oxygens (including phenoxy) is 1. The summed E-state index contributed by atoms with van der Waals surface area (Å²) in [6.45, 7) is 0. The fourth-order valence-electron chi connectivity index (χ4n) is 5.46. The number of allylic oxidation sites excluding steroid dienone is 2. The molecule has 3 aromatic carbocycles. The van der Waals surface area contributed by atoms with Crippen LogP contribution in [-0.4, -0.2) is 17.9 Å². The third-order valence-electron chi connectivity index (χ3n) is 6.92. The molecule has 2 aliphatic rings. The summed E-state index contributed by atoms with van der Waals surface area (Å²) in [6, 6.07) is 26.6. The number of rotatable bonds is 3. The molecule has 6 rings (SSSR count). The minimum absolute atomic E-state index is 0.173. The van der Waals surface area contributed by atoms with Gasteiger partial charge in [-0.25, -0.2) is 0 Å². The van der Waals surface area contributed by atoms with E-state index in [-0.39, 0.29) is 17.6 Å². The topological polar surface area (TPSA) is 51.2 Å². The lowest BCUT2D eigenvalue weighted by molar-refractivity contribution is -0.116. The number of methoxy groups -OCH3 is 1. The maximum atomic E-state index is 13.8. The zero-order valence-corrected chi connectivity index (χ0v) is 18.4. The number of benzene rings is 3. The van der Waals surface area contributed by atoms with Gasteiger partial charge in [0.15, 0.2) is 5.78 Å². The highest BCUT2D eigenvalue weighted by Crippen LogP contribution is 2.51. The summed E-state index contributed by atoms with van der Waals surface area (Å²) in [5.74, 6) is 0.956. The molecule has 0 bridgehead atoms. The van der Waals surface area contributed by atoms with Crippen molar-refractivity contribution in [3.8, 4) is 5.75 Å². The maximum Gasteiger partial charge on any atom is 0.162 e. The van der Waals surface area contributed by atoms with Crippen molar-refractivity contribution < 1.29 is 9.53 Å².